The second kappa shape index (κ2) is 9.55. The van der Waals surface area contributed by atoms with Crippen molar-refractivity contribution in [1.82, 2.24) is 14.9 Å². The lowest BCUT2D eigenvalue weighted by atomic mass is 10.1. The molecule has 7 heteroatoms. The Balaban J connectivity index is 1.25. The van der Waals surface area contributed by atoms with E-state index in [4.69, 9.17) is 4.74 Å². The van der Waals surface area contributed by atoms with Crippen molar-refractivity contribution in [3.8, 4) is 5.75 Å². The van der Waals surface area contributed by atoms with Crippen molar-refractivity contribution >= 4 is 11.9 Å². The molecule has 6 nitrogen and oxygen atoms in total. The van der Waals surface area contributed by atoms with Gasteiger partial charge in [0.1, 0.15) is 17.4 Å². The van der Waals surface area contributed by atoms with Crippen molar-refractivity contribution in [3.05, 3.63) is 83.6 Å². The number of carbonyl (C=O) groups excluding carboxylic acids is 1. The van der Waals surface area contributed by atoms with Gasteiger partial charge in [-0.15, -0.1) is 0 Å². The number of aryl methyl sites for hydroxylation is 3. The lowest BCUT2D eigenvalue weighted by Crippen LogP contribution is -2.49. The van der Waals surface area contributed by atoms with Gasteiger partial charge in [0.25, 0.3) is 0 Å². The number of amides is 1. The third-order valence-electron chi connectivity index (χ3n) is 5.32. The number of benzene rings is 1. The first-order valence-electron chi connectivity index (χ1n) is 10.4. The van der Waals surface area contributed by atoms with Crippen LogP contribution in [0.5, 0.6) is 5.75 Å². The van der Waals surface area contributed by atoms with E-state index >= 15 is 0 Å². The zero-order valence-corrected chi connectivity index (χ0v) is 17.5. The monoisotopic (exact) mass is 420 g/mol. The largest absolute Gasteiger partial charge is 0.415 e. The van der Waals surface area contributed by atoms with E-state index in [0.29, 0.717) is 37.7 Å². The Morgan fingerprint density at radius 1 is 1.00 bits per heavy atom. The Morgan fingerprint density at radius 3 is 2.45 bits per heavy atom. The first kappa shape index (κ1) is 20.8. The summed E-state index contributed by atoms with van der Waals surface area (Å²) in [5.41, 5.74) is 3.27. The molecule has 0 bridgehead atoms. The standard InChI is InChI=1S/C24H25FN4O2/c1-18-3-2-4-21(27-18)9-5-19-6-10-22(11-7-19)31-24(30)29-15-13-28(14-16-29)23-12-8-20(25)17-26-23/h2-4,6-8,10-12,17H,5,9,13-16H2,1H3. The number of hydrogen-bond donors (Lipinski definition) is 0. The van der Waals surface area contributed by atoms with Gasteiger partial charge in [-0.05, 0) is 61.7 Å². The van der Waals surface area contributed by atoms with Crippen molar-refractivity contribution in [3.63, 3.8) is 0 Å². The van der Waals surface area contributed by atoms with E-state index in [9.17, 15) is 9.18 Å². The number of hydrogen-bond acceptors (Lipinski definition) is 5. The molecule has 31 heavy (non-hydrogen) atoms. The minimum absolute atomic E-state index is 0.358. The summed E-state index contributed by atoms with van der Waals surface area (Å²) in [6, 6.07) is 16.7. The lowest BCUT2D eigenvalue weighted by Gasteiger charge is -2.34. The molecular formula is C24H25FN4O2. The molecule has 0 unspecified atom stereocenters. The first-order chi connectivity index (χ1) is 15.1. The number of carbonyl (C=O) groups is 1. The van der Waals surface area contributed by atoms with E-state index in [1.807, 2.05) is 54.3 Å². The summed E-state index contributed by atoms with van der Waals surface area (Å²) >= 11 is 0. The fraction of sp³-hybridized carbons (Fsp3) is 0.292. The van der Waals surface area contributed by atoms with E-state index in [-0.39, 0.29) is 11.9 Å². The molecule has 4 rings (SSSR count). The van der Waals surface area contributed by atoms with E-state index < -0.39 is 0 Å². The second-order valence-electron chi connectivity index (χ2n) is 7.59. The molecule has 3 aromatic rings. The molecule has 0 radical (unpaired) electrons. The van der Waals surface area contributed by atoms with Crippen LogP contribution in [0.4, 0.5) is 15.0 Å². The first-order valence-corrected chi connectivity index (χ1v) is 10.4. The van der Waals surface area contributed by atoms with Crippen molar-refractivity contribution in [1.29, 1.82) is 0 Å². The Bertz CT molecular complexity index is 1020. The zero-order valence-electron chi connectivity index (χ0n) is 17.5. The number of piperazine rings is 1. The minimum Gasteiger partial charge on any atom is -0.410 e. The van der Waals surface area contributed by atoms with E-state index in [1.165, 1.54) is 17.8 Å². The second-order valence-corrected chi connectivity index (χ2v) is 7.59. The van der Waals surface area contributed by atoms with Gasteiger partial charge in [-0.2, -0.15) is 0 Å². The van der Waals surface area contributed by atoms with Crippen LogP contribution in [-0.4, -0.2) is 47.1 Å². The average Bonchev–Trinajstić information content (AvgIpc) is 2.79. The number of pyridine rings is 2. The van der Waals surface area contributed by atoms with Crippen LogP contribution in [0.3, 0.4) is 0 Å². The summed E-state index contributed by atoms with van der Waals surface area (Å²) in [4.78, 5) is 24.8. The van der Waals surface area contributed by atoms with Gasteiger partial charge in [0.2, 0.25) is 0 Å². The molecule has 0 spiro atoms. The molecule has 1 fully saturated rings. The van der Waals surface area contributed by atoms with Crippen molar-refractivity contribution < 1.29 is 13.9 Å². The van der Waals surface area contributed by atoms with Crippen LogP contribution in [-0.2, 0) is 12.8 Å². The average molecular weight is 420 g/mol. The summed E-state index contributed by atoms with van der Waals surface area (Å²) in [7, 11) is 0. The van der Waals surface area contributed by atoms with Gasteiger partial charge < -0.3 is 14.5 Å². The number of nitrogens with zero attached hydrogens (tertiary/aromatic N) is 4. The van der Waals surface area contributed by atoms with Crippen LogP contribution < -0.4 is 9.64 Å². The van der Waals surface area contributed by atoms with Crippen LogP contribution in [0.15, 0.2) is 60.8 Å². The highest BCUT2D eigenvalue weighted by Crippen LogP contribution is 2.17. The summed E-state index contributed by atoms with van der Waals surface area (Å²) in [5.74, 6) is 0.889. The highest BCUT2D eigenvalue weighted by Gasteiger charge is 2.23. The summed E-state index contributed by atoms with van der Waals surface area (Å²) < 4.78 is 18.6. The third-order valence-corrected chi connectivity index (χ3v) is 5.32. The molecule has 0 saturated carbocycles. The highest BCUT2D eigenvalue weighted by molar-refractivity contribution is 5.71. The molecule has 2 aromatic heterocycles. The molecule has 160 valence electrons. The molecule has 1 aromatic carbocycles. The van der Waals surface area contributed by atoms with Gasteiger partial charge in [-0.1, -0.05) is 18.2 Å². The summed E-state index contributed by atoms with van der Waals surface area (Å²) in [6.45, 7) is 4.30. The Morgan fingerprint density at radius 2 is 1.77 bits per heavy atom. The lowest BCUT2D eigenvalue weighted by molar-refractivity contribution is 0.149. The van der Waals surface area contributed by atoms with Gasteiger partial charge in [0.15, 0.2) is 0 Å². The van der Waals surface area contributed by atoms with Crippen LogP contribution in [0.1, 0.15) is 17.0 Å². The predicted molar refractivity (Wildman–Crippen MR) is 117 cm³/mol. The number of ether oxygens (including phenoxy) is 1. The third kappa shape index (κ3) is 5.57. The van der Waals surface area contributed by atoms with Gasteiger partial charge in [0.05, 0.1) is 6.20 Å². The topological polar surface area (TPSA) is 58.6 Å². The molecule has 0 atom stereocenters. The highest BCUT2D eigenvalue weighted by atomic mass is 19.1. The molecule has 0 N–H and O–H groups in total. The molecule has 0 aliphatic carbocycles. The maximum atomic E-state index is 13.0. The van der Waals surface area contributed by atoms with Crippen molar-refractivity contribution in [2.45, 2.75) is 19.8 Å². The maximum Gasteiger partial charge on any atom is 0.415 e. The van der Waals surface area contributed by atoms with Crippen LogP contribution in [0, 0.1) is 12.7 Å². The molecule has 1 amide bonds. The van der Waals surface area contributed by atoms with Crippen molar-refractivity contribution in [2.24, 2.45) is 0 Å². The van der Waals surface area contributed by atoms with Crippen molar-refractivity contribution in [2.75, 3.05) is 31.1 Å². The van der Waals surface area contributed by atoms with Gasteiger partial charge in [-0.3, -0.25) is 4.98 Å². The fourth-order valence-corrected chi connectivity index (χ4v) is 3.57. The number of aromatic nitrogens is 2. The quantitative estimate of drug-likeness (QED) is 0.624. The fourth-order valence-electron chi connectivity index (χ4n) is 3.57. The molecule has 1 aliphatic heterocycles. The number of rotatable bonds is 5. The predicted octanol–water partition coefficient (Wildman–Crippen LogP) is 4.03. The van der Waals surface area contributed by atoms with Gasteiger partial charge >= 0.3 is 6.09 Å². The van der Waals surface area contributed by atoms with Crippen LogP contribution in [0.25, 0.3) is 0 Å². The Hall–Kier alpha value is -3.48. The van der Waals surface area contributed by atoms with Crippen LogP contribution in [0.2, 0.25) is 0 Å². The normalized spacial score (nSPS) is 13.9. The Labute approximate surface area is 181 Å². The van der Waals surface area contributed by atoms with Gasteiger partial charge in [-0.25, -0.2) is 14.2 Å². The molecule has 3 heterocycles. The van der Waals surface area contributed by atoms with E-state index in [0.717, 1.165) is 24.2 Å². The molecule has 1 aliphatic rings. The zero-order chi connectivity index (χ0) is 21.6. The smallest absolute Gasteiger partial charge is 0.410 e. The number of anilines is 1. The molecule has 1 saturated heterocycles. The van der Waals surface area contributed by atoms with E-state index in [1.54, 1.807) is 11.0 Å². The molecular weight excluding hydrogens is 395 g/mol. The van der Waals surface area contributed by atoms with Gasteiger partial charge in [0, 0.05) is 37.6 Å². The minimum atomic E-state index is -0.358. The summed E-state index contributed by atoms with van der Waals surface area (Å²) in [5, 5.41) is 0. The van der Waals surface area contributed by atoms with Crippen LogP contribution >= 0.6 is 0 Å². The SMILES string of the molecule is Cc1cccc(CCc2ccc(OC(=O)N3CCN(c4ccc(F)cn4)CC3)cc2)n1. The maximum absolute atomic E-state index is 13.0. The Kier molecular flexibility index (Phi) is 6.40. The summed E-state index contributed by atoms with van der Waals surface area (Å²) in [6.07, 6.45) is 2.60. The van der Waals surface area contributed by atoms with E-state index in [2.05, 4.69) is 9.97 Å². The number of halogens is 1.